The second-order valence-corrected chi connectivity index (χ2v) is 3.71. The van der Waals surface area contributed by atoms with Gasteiger partial charge in [0.1, 0.15) is 0 Å². The van der Waals surface area contributed by atoms with Crippen LogP contribution in [0.3, 0.4) is 0 Å². The van der Waals surface area contributed by atoms with Gasteiger partial charge >= 0.3 is 0 Å². The van der Waals surface area contributed by atoms with Crippen LogP contribution in [0.15, 0.2) is 12.2 Å². The number of amides is 2. The van der Waals surface area contributed by atoms with Crippen molar-refractivity contribution in [1.29, 1.82) is 0 Å². The van der Waals surface area contributed by atoms with Crippen LogP contribution in [-0.2, 0) is 9.59 Å². The van der Waals surface area contributed by atoms with Crippen molar-refractivity contribution in [3.05, 3.63) is 12.2 Å². The maximum Gasteiger partial charge on any atom is 0.233 e. The van der Waals surface area contributed by atoms with Gasteiger partial charge in [-0.3, -0.25) is 14.5 Å². The van der Waals surface area contributed by atoms with E-state index >= 15 is 0 Å². The lowest BCUT2D eigenvalue weighted by Crippen LogP contribution is -2.33. The van der Waals surface area contributed by atoms with Crippen LogP contribution in [0.4, 0.5) is 0 Å². The molecule has 0 spiro atoms. The van der Waals surface area contributed by atoms with Gasteiger partial charge in [-0.25, -0.2) is 0 Å². The van der Waals surface area contributed by atoms with E-state index in [9.17, 15) is 9.59 Å². The van der Waals surface area contributed by atoms with Gasteiger partial charge < -0.3 is 5.11 Å². The molecule has 4 heteroatoms. The van der Waals surface area contributed by atoms with Crippen LogP contribution in [0.25, 0.3) is 0 Å². The molecule has 2 amide bonds. The van der Waals surface area contributed by atoms with Crippen LogP contribution in [0.2, 0.25) is 0 Å². The number of hydrogen-bond acceptors (Lipinski definition) is 3. The number of rotatable bonds is 2. The predicted molar refractivity (Wildman–Crippen MR) is 49.2 cm³/mol. The van der Waals surface area contributed by atoms with Gasteiger partial charge in [-0.1, -0.05) is 12.2 Å². The van der Waals surface area contributed by atoms with Gasteiger partial charge in [-0.15, -0.1) is 0 Å². The summed E-state index contributed by atoms with van der Waals surface area (Å²) in [5.41, 5.74) is 0. The first-order valence-electron chi connectivity index (χ1n) is 4.86. The molecule has 1 heterocycles. The summed E-state index contributed by atoms with van der Waals surface area (Å²) >= 11 is 0. The van der Waals surface area contributed by atoms with Gasteiger partial charge in [0.15, 0.2) is 0 Å². The lowest BCUT2D eigenvalue weighted by atomic mass is 9.85. The molecule has 2 atom stereocenters. The van der Waals surface area contributed by atoms with Crippen molar-refractivity contribution in [2.24, 2.45) is 11.8 Å². The molecule has 0 aromatic rings. The third-order valence-electron chi connectivity index (χ3n) is 2.92. The predicted octanol–water partition coefficient (Wildman–Crippen LogP) is -0.0701. The number of nitrogens with zero attached hydrogens (tertiary/aromatic N) is 1. The van der Waals surface area contributed by atoms with Crippen LogP contribution in [0.5, 0.6) is 0 Å². The second kappa shape index (κ2) is 3.53. The third-order valence-corrected chi connectivity index (χ3v) is 2.92. The average molecular weight is 195 g/mol. The Morgan fingerprint density at radius 2 is 1.71 bits per heavy atom. The van der Waals surface area contributed by atoms with Crippen molar-refractivity contribution < 1.29 is 14.7 Å². The highest BCUT2D eigenvalue weighted by atomic mass is 16.3. The van der Waals surface area contributed by atoms with E-state index in [-0.39, 0.29) is 36.8 Å². The molecule has 0 aromatic carbocycles. The number of fused-ring (bicyclic) bond motifs is 1. The topological polar surface area (TPSA) is 57.6 Å². The minimum absolute atomic E-state index is 0.113. The van der Waals surface area contributed by atoms with Gasteiger partial charge in [-0.2, -0.15) is 0 Å². The van der Waals surface area contributed by atoms with Crippen molar-refractivity contribution >= 4 is 11.8 Å². The summed E-state index contributed by atoms with van der Waals surface area (Å²) in [4.78, 5) is 24.6. The number of likely N-dealkylation sites (tertiary alicyclic amines) is 1. The molecule has 2 aliphatic rings. The van der Waals surface area contributed by atoms with E-state index in [2.05, 4.69) is 0 Å². The summed E-state index contributed by atoms with van der Waals surface area (Å²) in [5, 5.41) is 8.73. The van der Waals surface area contributed by atoms with E-state index in [4.69, 9.17) is 5.11 Å². The Kier molecular flexibility index (Phi) is 2.37. The number of carbonyl (C=O) groups excluding carboxylic acids is 2. The fourth-order valence-corrected chi connectivity index (χ4v) is 2.19. The summed E-state index contributed by atoms with van der Waals surface area (Å²) in [6.45, 7) is -0.00495. The molecule has 14 heavy (non-hydrogen) atoms. The molecule has 0 bridgehead atoms. The zero-order valence-corrected chi connectivity index (χ0v) is 7.85. The molecule has 0 saturated carbocycles. The van der Waals surface area contributed by atoms with E-state index in [0.717, 1.165) is 0 Å². The molecule has 0 aromatic heterocycles. The van der Waals surface area contributed by atoms with Gasteiger partial charge in [0, 0.05) is 0 Å². The first kappa shape index (κ1) is 9.40. The summed E-state index contributed by atoms with van der Waals surface area (Å²) in [6.07, 6.45) is 5.23. The Hall–Kier alpha value is -1.16. The number of β-amino-alcohol motifs (C(OH)–C–C–N with tert-alkyl or cyclic N) is 1. The summed E-state index contributed by atoms with van der Waals surface area (Å²) in [7, 11) is 0. The Balaban J connectivity index is 2.19. The van der Waals surface area contributed by atoms with Crippen molar-refractivity contribution in [1.82, 2.24) is 4.90 Å². The lowest BCUT2D eigenvalue weighted by Gasteiger charge is -2.14. The number of imide groups is 1. The molecule has 1 fully saturated rings. The Labute approximate surface area is 82.2 Å². The number of allylic oxidation sites excluding steroid dienone is 2. The Bertz CT molecular complexity index is 272. The lowest BCUT2D eigenvalue weighted by molar-refractivity contribution is -0.140. The zero-order valence-electron chi connectivity index (χ0n) is 7.85. The van der Waals surface area contributed by atoms with E-state index in [1.807, 2.05) is 12.2 Å². The molecule has 1 N–H and O–H groups in total. The first-order valence-corrected chi connectivity index (χ1v) is 4.86. The van der Waals surface area contributed by atoms with E-state index in [1.54, 1.807) is 0 Å². The first-order chi connectivity index (χ1) is 6.75. The Morgan fingerprint density at radius 1 is 1.21 bits per heavy atom. The summed E-state index contributed by atoms with van der Waals surface area (Å²) < 4.78 is 0. The van der Waals surface area contributed by atoms with Crippen molar-refractivity contribution in [3.63, 3.8) is 0 Å². The van der Waals surface area contributed by atoms with Crippen molar-refractivity contribution in [3.8, 4) is 0 Å². The molecule has 2 rings (SSSR count). The van der Waals surface area contributed by atoms with E-state index in [0.29, 0.717) is 12.8 Å². The average Bonchev–Trinajstić information content (AvgIpc) is 2.45. The van der Waals surface area contributed by atoms with Crippen molar-refractivity contribution in [2.75, 3.05) is 13.2 Å². The van der Waals surface area contributed by atoms with E-state index in [1.165, 1.54) is 4.90 Å². The number of hydrogen-bond donors (Lipinski definition) is 1. The smallest absolute Gasteiger partial charge is 0.233 e. The zero-order chi connectivity index (χ0) is 10.1. The SMILES string of the molecule is O=C1C2CC=CCC2C(=O)N1CCO. The van der Waals surface area contributed by atoms with Crippen LogP contribution >= 0.6 is 0 Å². The number of aliphatic hydroxyl groups is 1. The van der Waals surface area contributed by atoms with Gasteiger partial charge in [-0.05, 0) is 12.8 Å². The highest BCUT2D eigenvalue weighted by Gasteiger charge is 2.46. The minimum atomic E-state index is -0.168. The normalized spacial score (nSPS) is 31.1. The van der Waals surface area contributed by atoms with Crippen LogP contribution in [0.1, 0.15) is 12.8 Å². The molecule has 4 nitrogen and oxygen atoms in total. The van der Waals surface area contributed by atoms with Crippen LogP contribution in [-0.4, -0.2) is 35.0 Å². The maximum atomic E-state index is 11.7. The highest BCUT2D eigenvalue weighted by Crippen LogP contribution is 2.34. The number of carbonyl (C=O) groups is 2. The second-order valence-electron chi connectivity index (χ2n) is 3.71. The van der Waals surface area contributed by atoms with Crippen LogP contribution < -0.4 is 0 Å². The fraction of sp³-hybridized carbons (Fsp3) is 0.600. The minimum Gasteiger partial charge on any atom is -0.395 e. The third kappa shape index (κ3) is 1.26. The molecule has 2 unspecified atom stereocenters. The summed E-state index contributed by atoms with van der Waals surface area (Å²) in [6, 6.07) is 0. The fourth-order valence-electron chi connectivity index (χ4n) is 2.19. The Morgan fingerprint density at radius 3 is 2.14 bits per heavy atom. The maximum absolute atomic E-state index is 11.7. The molecule has 76 valence electrons. The van der Waals surface area contributed by atoms with Gasteiger partial charge in [0.05, 0.1) is 25.0 Å². The monoisotopic (exact) mass is 195 g/mol. The van der Waals surface area contributed by atoms with E-state index < -0.39 is 0 Å². The highest BCUT2D eigenvalue weighted by molar-refractivity contribution is 6.05. The summed E-state index contributed by atoms with van der Waals surface area (Å²) in [5.74, 6) is -0.560. The van der Waals surface area contributed by atoms with Crippen molar-refractivity contribution in [2.45, 2.75) is 12.8 Å². The number of aliphatic hydroxyl groups excluding tert-OH is 1. The van der Waals surface area contributed by atoms with Gasteiger partial charge in [0.2, 0.25) is 11.8 Å². The molecule has 1 aliphatic carbocycles. The molecule has 0 radical (unpaired) electrons. The quantitative estimate of drug-likeness (QED) is 0.495. The molecular weight excluding hydrogens is 182 g/mol. The molecule has 1 aliphatic heterocycles. The van der Waals surface area contributed by atoms with Gasteiger partial charge in [0.25, 0.3) is 0 Å². The standard InChI is InChI=1S/C10H13NO3/c12-6-5-11-9(13)7-3-1-2-4-8(7)10(11)14/h1-2,7-8,12H,3-6H2. The molecule has 1 saturated heterocycles. The van der Waals surface area contributed by atoms with Crippen LogP contribution in [0, 0.1) is 11.8 Å². The largest absolute Gasteiger partial charge is 0.395 e. The molecular formula is C10H13NO3.